The van der Waals surface area contributed by atoms with Crippen LogP contribution >= 0.6 is 0 Å². The molecule has 5 rings (SSSR count). The number of aromatic amines is 1. The van der Waals surface area contributed by atoms with Crippen LogP contribution in [0.1, 0.15) is 23.6 Å². The van der Waals surface area contributed by atoms with Crippen molar-refractivity contribution in [3.63, 3.8) is 0 Å². The van der Waals surface area contributed by atoms with Crippen LogP contribution in [0.25, 0.3) is 17.0 Å². The Hall–Kier alpha value is -3.81. The molecule has 1 atom stereocenters. The molecule has 0 spiro atoms. The second-order valence-corrected chi connectivity index (χ2v) is 7.71. The number of H-pyrrole nitrogens is 1. The van der Waals surface area contributed by atoms with Gasteiger partial charge in [0.05, 0.1) is 6.04 Å². The molecule has 6 nitrogen and oxygen atoms in total. The Labute approximate surface area is 176 Å². The van der Waals surface area contributed by atoms with E-state index in [9.17, 15) is 18.4 Å². The predicted octanol–water partition coefficient (Wildman–Crippen LogP) is 4.06. The highest BCUT2D eigenvalue weighted by molar-refractivity contribution is 5.83. The molecule has 1 fully saturated rings. The Morgan fingerprint density at radius 3 is 2.58 bits per heavy atom. The monoisotopic (exact) mass is 420 g/mol. The molecule has 2 amide bonds. The van der Waals surface area contributed by atoms with Crippen molar-refractivity contribution in [2.45, 2.75) is 12.5 Å². The number of hydrazone groups is 1. The van der Waals surface area contributed by atoms with Crippen LogP contribution < -0.4 is 5.56 Å². The lowest BCUT2D eigenvalue weighted by atomic mass is 10.0. The van der Waals surface area contributed by atoms with E-state index in [4.69, 9.17) is 0 Å². The van der Waals surface area contributed by atoms with Gasteiger partial charge in [0.25, 0.3) is 0 Å². The maximum absolute atomic E-state index is 13.6. The molecule has 1 unspecified atom stereocenters. The number of hydrogen-bond acceptors (Lipinski definition) is 3. The number of carbonyl (C=O) groups excluding carboxylic acids is 1. The first-order valence-electron chi connectivity index (χ1n) is 9.85. The number of halogens is 2. The van der Waals surface area contributed by atoms with Gasteiger partial charge in [-0.25, -0.2) is 18.6 Å². The molecule has 0 radical (unpaired) electrons. The summed E-state index contributed by atoms with van der Waals surface area (Å²) in [7, 11) is 0. The zero-order valence-electron chi connectivity index (χ0n) is 16.4. The van der Waals surface area contributed by atoms with Crippen LogP contribution in [0.4, 0.5) is 13.6 Å². The maximum atomic E-state index is 13.6. The van der Waals surface area contributed by atoms with Gasteiger partial charge in [0.15, 0.2) is 0 Å². The smallest absolute Gasteiger partial charge is 0.322 e. The SMILES string of the molecule is O=C(N1CC(=Cc2ccc3ccc(=O)[nH]c3c2)C1)N1N=CCC1c1cc(F)cc(F)c1. The third-order valence-electron chi connectivity index (χ3n) is 5.47. The number of pyridine rings is 1. The first kappa shape index (κ1) is 19.2. The average molecular weight is 420 g/mol. The van der Waals surface area contributed by atoms with Gasteiger partial charge in [0, 0.05) is 43.4 Å². The first-order chi connectivity index (χ1) is 15.0. The minimum Gasteiger partial charge on any atom is -0.322 e. The summed E-state index contributed by atoms with van der Waals surface area (Å²) in [5, 5.41) is 6.35. The predicted molar refractivity (Wildman–Crippen MR) is 114 cm³/mol. The normalized spacial score (nSPS) is 17.9. The minimum atomic E-state index is -0.680. The third-order valence-corrected chi connectivity index (χ3v) is 5.47. The molecular weight excluding hydrogens is 402 g/mol. The van der Waals surface area contributed by atoms with Crippen LogP contribution in [-0.2, 0) is 0 Å². The van der Waals surface area contributed by atoms with E-state index in [1.54, 1.807) is 17.2 Å². The Bertz CT molecular complexity index is 1290. The Kier molecular flexibility index (Phi) is 4.62. The van der Waals surface area contributed by atoms with Crippen LogP contribution in [-0.4, -0.2) is 40.2 Å². The van der Waals surface area contributed by atoms with E-state index >= 15 is 0 Å². The second kappa shape index (κ2) is 7.46. The molecule has 3 aromatic rings. The number of aromatic nitrogens is 1. The molecule has 2 aromatic carbocycles. The van der Waals surface area contributed by atoms with E-state index < -0.39 is 17.7 Å². The van der Waals surface area contributed by atoms with Crippen LogP contribution in [0.3, 0.4) is 0 Å². The Morgan fingerprint density at radius 2 is 1.81 bits per heavy atom. The molecule has 2 aliphatic rings. The number of hydrogen-bond donors (Lipinski definition) is 1. The zero-order chi connectivity index (χ0) is 21.5. The number of nitrogens with zero attached hydrogens (tertiary/aromatic N) is 3. The molecule has 31 heavy (non-hydrogen) atoms. The topological polar surface area (TPSA) is 68.8 Å². The van der Waals surface area contributed by atoms with Gasteiger partial charge >= 0.3 is 6.03 Å². The second-order valence-electron chi connectivity index (χ2n) is 7.71. The summed E-state index contributed by atoms with van der Waals surface area (Å²) in [6, 6.07) is 11.5. The first-order valence-corrected chi connectivity index (χ1v) is 9.85. The number of nitrogens with one attached hydrogen (secondary N) is 1. The van der Waals surface area contributed by atoms with E-state index in [1.165, 1.54) is 23.2 Å². The summed E-state index contributed by atoms with van der Waals surface area (Å²) in [5.74, 6) is -1.36. The summed E-state index contributed by atoms with van der Waals surface area (Å²) >= 11 is 0. The van der Waals surface area contributed by atoms with Crippen LogP contribution in [0.2, 0.25) is 0 Å². The number of likely N-dealkylation sites (tertiary alicyclic amines) is 1. The van der Waals surface area contributed by atoms with Crippen LogP contribution in [0, 0.1) is 11.6 Å². The van der Waals surface area contributed by atoms with E-state index in [0.717, 1.165) is 28.1 Å². The summed E-state index contributed by atoms with van der Waals surface area (Å²) in [4.78, 5) is 28.8. The van der Waals surface area contributed by atoms with Gasteiger partial charge in [0.1, 0.15) is 11.6 Å². The van der Waals surface area contributed by atoms with E-state index in [2.05, 4.69) is 10.1 Å². The molecule has 3 heterocycles. The molecule has 156 valence electrons. The van der Waals surface area contributed by atoms with Crippen molar-refractivity contribution < 1.29 is 13.6 Å². The number of amides is 2. The number of rotatable bonds is 2. The van der Waals surface area contributed by atoms with Crippen molar-refractivity contribution in [2.24, 2.45) is 5.10 Å². The number of fused-ring (bicyclic) bond motifs is 1. The van der Waals surface area contributed by atoms with Crippen LogP contribution in [0.15, 0.2) is 64.0 Å². The highest BCUT2D eigenvalue weighted by atomic mass is 19.1. The zero-order valence-corrected chi connectivity index (χ0v) is 16.4. The van der Waals surface area contributed by atoms with Gasteiger partial charge in [-0.2, -0.15) is 5.10 Å². The van der Waals surface area contributed by atoms with Gasteiger partial charge in [-0.15, -0.1) is 0 Å². The highest BCUT2D eigenvalue weighted by Gasteiger charge is 2.35. The van der Waals surface area contributed by atoms with Gasteiger partial charge in [-0.3, -0.25) is 4.79 Å². The van der Waals surface area contributed by atoms with Gasteiger partial charge in [-0.05, 0) is 46.4 Å². The fourth-order valence-corrected chi connectivity index (χ4v) is 3.95. The van der Waals surface area contributed by atoms with Gasteiger partial charge in [0.2, 0.25) is 5.56 Å². The lowest BCUT2D eigenvalue weighted by Crippen LogP contribution is -2.49. The molecule has 0 bridgehead atoms. The van der Waals surface area contributed by atoms with E-state index in [0.29, 0.717) is 25.1 Å². The lowest BCUT2D eigenvalue weighted by molar-refractivity contribution is 0.136. The minimum absolute atomic E-state index is 0.156. The molecule has 1 N–H and O–H groups in total. The van der Waals surface area contributed by atoms with Crippen molar-refractivity contribution in [3.05, 3.63) is 87.2 Å². The van der Waals surface area contributed by atoms with E-state index in [1.807, 2.05) is 24.3 Å². The van der Waals surface area contributed by atoms with Crippen LogP contribution in [0.5, 0.6) is 0 Å². The summed E-state index contributed by atoms with van der Waals surface area (Å²) in [5.41, 5.74) is 2.97. The van der Waals surface area contributed by atoms with Crippen molar-refractivity contribution >= 4 is 29.2 Å². The molecule has 0 aliphatic carbocycles. The molecule has 0 saturated carbocycles. The quantitative estimate of drug-likeness (QED) is 0.679. The Morgan fingerprint density at radius 1 is 1.06 bits per heavy atom. The summed E-state index contributed by atoms with van der Waals surface area (Å²) in [6.45, 7) is 0.886. The van der Waals surface area contributed by atoms with Crippen molar-refractivity contribution in [1.82, 2.24) is 14.9 Å². The lowest BCUT2D eigenvalue weighted by Gasteiger charge is -2.37. The molecule has 8 heteroatoms. The summed E-state index contributed by atoms with van der Waals surface area (Å²) in [6.07, 6.45) is 3.97. The molecule has 1 aromatic heterocycles. The number of carbonyl (C=O) groups is 1. The average Bonchev–Trinajstić information content (AvgIpc) is 3.19. The maximum Gasteiger partial charge on any atom is 0.341 e. The van der Waals surface area contributed by atoms with Crippen molar-refractivity contribution in [2.75, 3.05) is 13.1 Å². The van der Waals surface area contributed by atoms with Crippen molar-refractivity contribution in [1.29, 1.82) is 0 Å². The Balaban J connectivity index is 1.29. The third kappa shape index (κ3) is 3.72. The summed E-state index contributed by atoms with van der Waals surface area (Å²) < 4.78 is 27.2. The van der Waals surface area contributed by atoms with Gasteiger partial charge < -0.3 is 9.88 Å². The molecule has 2 aliphatic heterocycles. The molecule has 1 saturated heterocycles. The largest absolute Gasteiger partial charge is 0.341 e. The van der Waals surface area contributed by atoms with Gasteiger partial charge in [-0.1, -0.05) is 18.2 Å². The number of urea groups is 1. The fraction of sp³-hybridized carbons (Fsp3) is 0.174. The highest BCUT2D eigenvalue weighted by Crippen LogP contribution is 2.32. The standard InChI is InChI=1S/C23H18F2N4O2/c24-18-9-17(10-19(25)11-18)21-5-6-26-29(21)23(31)28-12-15(13-28)7-14-1-2-16-3-4-22(30)27-20(16)8-14/h1-4,6-11,21H,5,12-13H2,(H,27,30). The fourth-order valence-electron chi connectivity index (χ4n) is 3.95. The van der Waals surface area contributed by atoms with E-state index in [-0.39, 0.29) is 11.6 Å². The number of benzene rings is 2. The molecular formula is C23H18F2N4O2. The van der Waals surface area contributed by atoms with Crippen molar-refractivity contribution in [3.8, 4) is 0 Å².